The van der Waals surface area contributed by atoms with E-state index in [1.807, 2.05) is 44.2 Å². The minimum absolute atomic E-state index is 0.398. The van der Waals surface area contributed by atoms with Gasteiger partial charge in [-0.15, -0.1) is 0 Å². The van der Waals surface area contributed by atoms with E-state index in [2.05, 4.69) is 0 Å². The average molecular weight is 261 g/mol. The maximum absolute atomic E-state index is 5.65. The molecule has 19 heavy (non-hydrogen) atoms. The standard InChI is InChI=1S/C15H19NO3/c1-3-17-13-4-6-14(7-5-13)18-10-15-8-12(9-16)11(2)19-15/h4-8H,3,9-10,16H2,1-2H3. The number of furan rings is 1. The highest BCUT2D eigenvalue weighted by atomic mass is 16.5. The maximum Gasteiger partial charge on any atom is 0.146 e. The van der Waals surface area contributed by atoms with E-state index in [9.17, 15) is 0 Å². The molecular weight excluding hydrogens is 242 g/mol. The fourth-order valence-electron chi connectivity index (χ4n) is 1.81. The van der Waals surface area contributed by atoms with Crippen molar-refractivity contribution in [3.63, 3.8) is 0 Å². The van der Waals surface area contributed by atoms with Crippen LogP contribution in [0.4, 0.5) is 0 Å². The van der Waals surface area contributed by atoms with Crippen LogP contribution in [0.5, 0.6) is 11.5 Å². The van der Waals surface area contributed by atoms with Gasteiger partial charge < -0.3 is 19.6 Å². The van der Waals surface area contributed by atoms with E-state index in [-0.39, 0.29) is 0 Å². The number of nitrogens with two attached hydrogens (primary N) is 1. The molecule has 0 aliphatic heterocycles. The van der Waals surface area contributed by atoms with E-state index in [1.54, 1.807) is 0 Å². The van der Waals surface area contributed by atoms with Crippen molar-refractivity contribution in [1.29, 1.82) is 0 Å². The van der Waals surface area contributed by atoms with Crippen molar-refractivity contribution in [2.24, 2.45) is 5.73 Å². The smallest absolute Gasteiger partial charge is 0.146 e. The lowest BCUT2D eigenvalue weighted by Crippen LogP contribution is -1.96. The molecule has 0 amide bonds. The Morgan fingerprint density at radius 3 is 2.26 bits per heavy atom. The first-order valence-electron chi connectivity index (χ1n) is 6.37. The van der Waals surface area contributed by atoms with Crippen molar-refractivity contribution < 1.29 is 13.9 Å². The maximum atomic E-state index is 5.65. The zero-order valence-corrected chi connectivity index (χ0v) is 11.3. The van der Waals surface area contributed by atoms with Gasteiger partial charge in [-0.3, -0.25) is 0 Å². The van der Waals surface area contributed by atoms with Crippen molar-refractivity contribution >= 4 is 0 Å². The van der Waals surface area contributed by atoms with Crippen molar-refractivity contribution in [1.82, 2.24) is 0 Å². The Morgan fingerprint density at radius 1 is 1.11 bits per heavy atom. The first kappa shape index (κ1) is 13.5. The molecule has 1 aromatic carbocycles. The van der Waals surface area contributed by atoms with Crippen LogP contribution in [0.15, 0.2) is 34.7 Å². The van der Waals surface area contributed by atoms with E-state index >= 15 is 0 Å². The van der Waals surface area contributed by atoms with Gasteiger partial charge in [-0.25, -0.2) is 0 Å². The van der Waals surface area contributed by atoms with Crippen LogP contribution in [0.3, 0.4) is 0 Å². The lowest BCUT2D eigenvalue weighted by atomic mass is 10.2. The number of aryl methyl sites for hydroxylation is 1. The quantitative estimate of drug-likeness (QED) is 0.868. The molecule has 0 bridgehead atoms. The molecule has 1 aromatic heterocycles. The van der Waals surface area contributed by atoms with Gasteiger partial charge in [-0.1, -0.05) is 0 Å². The van der Waals surface area contributed by atoms with Crippen molar-refractivity contribution in [2.45, 2.75) is 27.0 Å². The predicted octanol–water partition coefficient (Wildman–Crippen LogP) is 3.02. The molecule has 2 N–H and O–H groups in total. The molecule has 2 rings (SSSR count). The zero-order valence-electron chi connectivity index (χ0n) is 11.3. The van der Waals surface area contributed by atoms with Gasteiger partial charge >= 0.3 is 0 Å². The van der Waals surface area contributed by atoms with Crippen LogP contribution in [-0.4, -0.2) is 6.61 Å². The molecule has 0 atom stereocenters. The summed E-state index contributed by atoms with van der Waals surface area (Å²) in [5.41, 5.74) is 6.62. The molecule has 0 aliphatic carbocycles. The summed E-state index contributed by atoms with van der Waals surface area (Å²) < 4.78 is 16.6. The summed E-state index contributed by atoms with van der Waals surface area (Å²) in [6.07, 6.45) is 0. The van der Waals surface area contributed by atoms with E-state index in [0.717, 1.165) is 28.6 Å². The monoisotopic (exact) mass is 261 g/mol. The number of rotatable bonds is 6. The van der Waals surface area contributed by atoms with E-state index < -0.39 is 0 Å². The third-order valence-electron chi connectivity index (χ3n) is 2.81. The van der Waals surface area contributed by atoms with Crippen molar-refractivity contribution in [2.75, 3.05) is 6.61 Å². The molecule has 0 saturated heterocycles. The largest absolute Gasteiger partial charge is 0.494 e. The zero-order chi connectivity index (χ0) is 13.7. The van der Waals surface area contributed by atoms with Crippen LogP contribution in [0, 0.1) is 6.92 Å². The Labute approximate surface area is 113 Å². The minimum atomic E-state index is 0.398. The Morgan fingerprint density at radius 2 is 1.74 bits per heavy atom. The van der Waals surface area contributed by atoms with Gasteiger partial charge in [0.25, 0.3) is 0 Å². The molecule has 0 unspecified atom stereocenters. The van der Waals surface area contributed by atoms with Gasteiger partial charge in [0, 0.05) is 12.1 Å². The summed E-state index contributed by atoms with van der Waals surface area (Å²) in [6, 6.07) is 9.47. The molecule has 0 fully saturated rings. The molecule has 4 nitrogen and oxygen atoms in total. The highest BCUT2D eigenvalue weighted by Crippen LogP contribution is 2.20. The Bertz CT molecular complexity index is 517. The SMILES string of the molecule is CCOc1ccc(OCc2cc(CN)c(C)o2)cc1. The number of hydrogen-bond donors (Lipinski definition) is 1. The lowest BCUT2D eigenvalue weighted by molar-refractivity contribution is 0.267. The van der Waals surface area contributed by atoms with Gasteiger partial charge in [0.2, 0.25) is 0 Å². The van der Waals surface area contributed by atoms with Crippen LogP contribution in [0.25, 0.3) is 0 Å². The number of hydrogen-bond acceptors (Lipinski definition) is 4. The summed E-state index contributed by atoms with van der Waals surface area (Å²) in [4.78, 5) is 0. The van der Waals surface area contributed by atoms with Crippen molar-refractivity contribution in [3.8, 4) is 11.5 Å². The Kier molecular flexibility index (Phi) is 4.47. The van der Waals surface area contributed by atoms with Gasteiger partial charge in [-0.2, -0.15) is 0 Å². The van der Waals surface area contributed by atoms with Crippen LogP contribution >= 0.6 is 0 Å². The third kappa shape index (κ3) is 3.51. The fraction of sp³-hybridized carbons (Fsp3) is 0.333. The molecule has 0 aliphatic rings. The van der Waals surface area contributed by atoms with E-state index in [0.29, 0.717) is 19.8 Å². The van der Waals surface area contributed by atoms with Crippen LogP contribution in [-0.2, 0) is 13.2 Å². The van der Waals surface area contributed by atoms with E-state index in [4.69, 9.17) is 19.6 Å². The summed E-state index contributed by atoms with van der Waals surface area (Å²) in [7, 11) is 0. The molecule has 102 valence electrons. The first-order valence-corrected chi connectivity index (χ1v) is 6.37. The van der Waals surface area contributed by atoms with Crippen LogP contribution in [0.1, 0.15) is 24.0 Å². The molecule has 0 saturated carbocycles. The van der Waals surface area contributed by atoms with Gasteiger partial charge in [0.1, 0.15) is 29.6 Å². The van der Waals surface area contributed by atoms with E-state index in [1.165, 1.54) is 0 Å². The Hall–Kier alpha value is -1.94. The highest BCUT2D eigenvalue weighted by Gasteiger charge is 2.06. The third-order valence-corrected chi connectivity index (χ3v) is 2.81. The second-order valence-corrected chi connectivity index (χ2v) is 4.19. The molecule has 4 heteroatoms. The average Bonchev–Trinajstić information content (AvgIpc) is 2.79. The molecule has 2 aromatic rings. The second-order valence-electron chi connectivity index (χ2n) is 4.19. The molecular formula is C15H19NO3. The van der Waals surface area contributed by atoms with Crippen LogP contribution in [0.2, 0.25) is 0 Å². The number of ether oxygens (including phenoxy) is 2. The topological polar surface area (TPSA) is 57.6 Å². The summed E-state index contributed by atoms with van der Waals surface area (Å²) in [6.45, 7) is 5.40. The summed E-state index contributed by atoms with van der Waals surface area (Å²) in [5.74, 6) is 3.26. The first-order chi connectivity index (χ1) is 9.22. The predicted molar refractivity (Wildman–Crippen MR) is 73.3 cm³/mol. The highest BCUT2D eigenvalue weighted by molar-refractivity contribution is 5.31. The van der Waals surface area contributed by atoms with Gasteiger partial charge in [0.05, 0.1) is 6.61 Å². The summed E-state index contributed by atoms with van der Waals surface area (Å²) >= 11 is 0. The molecule has 0 spiro atoms. The minimum Gasteiger partial charge on any atom is -0.494 e. The molecule has 1 heterocycles. The normalized spacial score (nSPS) is 10.5. The number of benzene rings is 1. The lowest BCUT2D eigenvalue weighted by Gasteiger charge is -2.06. The van der Waals surface area contributed by atoms with Gasteiger partial charge in [0.15, 0.2) is 0 Å². The van der Waals surface area contributed by atoms with Crippen molar-refractivity contribution in [3.05, 3.63) is 47.4 Å². The van der Waals surface area contributed by atoms with Crippen LogP contribution < -0.4 is 15.2 Å². The molecule has 0 radical (unpaired) electrons. The van der Waals surface area contributed by atoms with Gasteiger partial charge in [-0.05, 0) is 44.2 Å². The summed E-state index contributed by atoms with van der Waals surface area (Å²) in [5, 5.41) is 0. The Balaban J connectivity index is 1.94. The fourth-order valence-corrected chi connectivity index (χ4v) is 1.81. The second kappa shape index (κ2) is 6.29.